The maximum Gasteiger partial charge on any atom is 0.263 e. The number of aromatic nitrogens is 1. The lowest BCUT2D eigenvalue weighted by Gasteiger charge is -2.28. The monoisotopic (exact) mass is 240 g/mol. The average molecular weight is 240 g/mol. The van der Waals surface area contributed by atoms with Gasteiger partial charge in [0.15, 0.2) is 0 Å². The number of carbonyl (C=O) groups excluding carboxylic acids is 1. The molecule has 1 aromatic heterocycles. The van der Waals surface area contributed by atoms with Gasteiger partial charge in [-0.05, 0) is 19.8 Å². The van der Waals surface area contributed by atoms with Crippen molar-refractivity contribution < 1.29 is 9.90 Å². The van der Waals surface area contributed by atoms with Crippen molar-refractivity contribution in [2.45, 2.75) is 44.8 Å². The molecule has 0 radical (unpaired) electrons. The summed E-state index contributed by atoms with van der Waals surface area (Å²) in [7, 11) is 0. The highest BCUT2D eigenvalue weighted by atomic mass is 32.1. The van der Waals surface area contributed by atoms with E-state index in [-0.39, 0.29) is 11.9 Å². The zero-order valence-corrected chi connectivity index (χ0v) is 10.1. The third-order valence-electron chi connectivity index (χ3n) is 2.89. The number of nitrogens with zero attached hydrogens (tertiary/aromatic N) is 1. The van der Waals surface area contributed by atoms with Gasteiger partial charge in [0, 0.05) is 0 Å². The first-order valence-corrected chi connectivity index (χ1v) is 6.40. The molecular weight excluding hydrogens is 224 g/mol. The van der Waals surface area contributed by atoms with Crippen molar-refractivity contribution in [3.63, 3.8) is 0 Å². The molecule has 0 saturated heterocycles. The van der Waals surface area contributed by atoms with Gasteiger partial charge in [-0.2, -0.15) is 0 Å². The zero-order valence-electron chi connectivity index (χ0n) is 9.27. The van der Waals surface area contributed by atoms with Crippen LogP contribution in [0.5, 0.6) is 0 Å². The van der Waals surface area contributed by atoms with Crippen molar-refractivity contribution in [1.29, 1.82) is 0 Å². The number of amides is 1. The Balaban J connectivity index is 1.96. The van der Waals surface area contributed by atoms with Crippen LogP contribution in [0.1, 0.15) is 40.4 Å². The Hall–Kier alpha value is -0.940. The largest absolute Gasteiger partial charge is 0.391 e. The smallest absolute Gasteiger partial charge is 0.263 e. The van der Waals surface area contributed by atoms with E-state index in [0.717, 1.165) is 30.7 Å². The summed E-state index contributed by atoms with van der Waals surface area (Å²) in [6.45, 7) is 1.87. The van der Waals surface area contributed by atoms with Gasteiger partial charge in [-0.25, -0.2) is 4.98 Å². The first-order valence-electron chi connectivity index (χ1n) is 5.58. The van der Waals surface area contributed by atoms with Crippen LogP contribution in [-0.4, -0.2) is 28.1 Å². The fraction of sp³-hybridized carbons (Fsp3) is 0.636. The van der Waals surface area contributed by atoms with Gasteiger partial charge in [0.05, 0.1) is 23.4 Å². The number of thiazole rings is 1. The number of hydrogen-bond acceptors (Lipinski definition) is 4. The highest BCUT2D eigenvalue weighted by Crippen LogP contribution is 2.19. The molecule has 0 aliphatic heterocycles. The van der Waals surface area contributed by atoms with Crippen LogP contribution in [0.4, 0.5) is 0 Å². The van der Waals surface area contributed by atoms with Crippen LogP contribution < -0.4 is 5.32 Å². The summed E-state index contributed by atoms with van der Waals surface area (Å²) in [5.41, 5.74) is 0. The maximum absolute atomic E-state index is 11.8. The molecule has 0 aromatic carbocycles. The molecule has 1 heterocycles. The molecule has 2 N–H and O–H groups in total. The number of nitrogens with one attached hydrogen (secondary N) is 1. The van der Waals surface area contributed by atoms with Crippen LogP contribution in [0.2, 0.25) is 0 Å². The van der Waals surface area contributed by atoms with Gasteiger partial charge < -0.3 is 10.4 Å². The van der Waals surface area contributed by atoms with E-state index in [2.05, 4.69) is 10.3 Å². The van der Waals surface area contributed by atoms with Gasteiger partial charge >= 0.3 is 0 Å². The third-order valence-corrected chi connectivity index (χ3v) is 3.80. The lowest BCUT2D eigenvalue weighted by molar-refractivity contribution is 0.0720. The summed E-state index contributed by atoms with van der Waals surface area (Å²) in [5.74, 6) is -0.114. The van der Waals surface area contributed by atoms with Crippen LogP contribution in [0.3, 0.4) is 0 Å². The van der Waals surface area contributed by atoms with Crippen molar-refractivity contribution in [1.82, 2.24) is 10.3 Å². The molecule has 2 rings (SSSR count). The molecule has 4 nitrogen and oxygen atoms in total. The molecule has 0 spiro atoms. The molecule has 1 aromatic rings. The Kier molecular flexibility index (Phi) is 3.56. The highest BCUT2D eigenvalue weighted by Gasteiger charge is 2.25. The van der Waals surface area contributed by atoms with Crippen LogP contribution in [-0.2, 0) is 0 Å². The first-order chi connectivity index (χ1) is 7.66. The Morgan fingerprint density at radius 2 is 2.31 bits per heavy atom. The third kappa shape index (κ3) is 2.59. The molecule has 1 fully saturated rings. The number of aryl methyl sites for hydroxylation is 1. The summed E-state index contributed by atoms with van der Waals surface area (Å²) in [5, 5.41) is 13.5. The molecule has 1 aliphatic carbocycles. The summed E-state index contributed by atoms with van der Waals surface area (Å²) >= 11 is 1.38. The molecule has 88 valence electrons. The predicted octanol–water partition coefficient (Wildman–Crippen LogP) is 1.48. The number of aliphatic hydroxyl groups excluding tert-OH is 1. The maximum atomic E-state index is 11.8. The van der Waals surface area contributed by atoms with Crippen LogP contribution in [0, 0.1) is 6.92 Å². The van der Waals surface area contributed by atoms with E-state index in [0.29, 0.717) is 4.88 Å². The van der Waals surface area contributed by atoms with Crippen molar-refractivity contribution in [3.8, 4) is 0 Å². The quantitative estimate of drug-likeness (QED) is 0.823. The molecule has 16 heavy (non-hydrogen) atoms. The molecule has 1 saturated carbocycles. The van der Waals surface area contributed by atoms with Gasteiger partial charge in [-0.3, -0.25) is 4.79 Å². The molecule has 5 heteroatoms. The summed E-state index contributed by atoms with van der Waals surface area (Å²) in [6.07, 6.45) is 4.96. The van der Waals surface area contributed by atoms with Crippen LogP contribution in [0.25, 0.3) is 0 Å². The first kappa shape index (κ1) is 11.5. The molecule has 0 bridgehead atoms. The molecule has 1 amide bonds. The minimum absolute atomic E-state index is 0.0938. The SMILES string of the molecule is Cc1ncc(C(=O)NC2CCCCC2O)s1. The summed E-state index contributed by atoms with van der Waals surface area (Å²) in [6, 6.07) is -0.0938. The van der Waals surface area contributed by atoms with Gasteiger partial charge in [0.25, 0.3) is 5.91 Å². The second-order valence-corrected chi connectivity index (χ2v) is 5.41. The number of hydrogen-bond donors (Lipinski definition) is 2. The van der Waals surface area contributed by atoms with Gasteiger partial charge in [-0.15, -0.1) is 11.3 Å². The minimum Gasteiger partial charge on any atom is -0.391 e. The van der Waals surface area contributed by atoms with Crippen molar-refractivity contribution in [2.24, 2.45) is 0 Å². The Labute approximate surface area is 98.7 Å². The topological polar surface area (TPSA) is 62.2 Å². The van der Waals surface area contributed by atoms with E-state index in [1.54, 1.807) is 6.20 Å². The Morgan fingerprint density at radius 3 is 2.94 bits per heavy atom. The molecule has 1 aliphatic rings. The number of aliphatic hydroxyl groups is 1. The molecule has 2 unspecified atom stereocenters. The lowest BCUT2D eigenvalue weighted by Crippen LogP contribution is -2.44. The summed E-state index contributed by atoms with van der Waals surface area (Å²) < 4.78 is 0. The van der Waals surface area contributed by atoms with Crippen LogP contribution in [0.15, 0.2) is 6.20 Å². The Bertz CT molecular complexity index is 378. The summed E-state index contributed by atoms with van der Waals surface area (Å²) in [4.78, 5) is 16.5. The standard InChI is InChI=1S/C11H16N2O2S/c1-7-12-6-10(16-7)11(15)13-8-4-2-3-5-9(8)14/h6,8-9,14H,2-5H2,1H3,(H,13,15). The lowest BCUT2D eigenvalue weighted by atomic mass is 9.92. The van der Waals surface area contributed by atoms with E-state index in [4.69, 9.17) is 0 Å². The van der Waals surface area contributed by atoms with Crippen LogP contribution >= 0.6 is 11.3 Å². The van der Waals surface area contributed by atoms with E-state index >= 15 is 0 Å². The van der Waals surface area contributed by atoms with Crippen molar-refractivity contribution in [3.05, 3.63) is 16.1 Å². The minimum atomic E-state index is -0.397. The Morgan fingerprint density at radius 1 is 1.56 bits per heavy atom. The molecular formula is C11H16N2O2S. The van der Waals surface area contributed by atoms with E-state index in [1.165, 1.54) is 11.3 Å². The number of rotatable bonds is 2. The second-order valence-electron chi connectivity index (χ2n) is 4.18. The average Bonchev–Trinajstić information content (AvgIpc) is 2.68. The van der Waals surface area contributed by atoms with E-state index in [9.17, 15) is 9.90 Å². The van der Waals surface area contributed by atoms with E-state index < -0.39 is 6.10 Å². The van der Waals surface area contributed by atoms with E-state index in [1.807, 2.05) is 6.92 Å². The normalized spacial score (nSPS) is 25.4. The van der Waals surface area contributed by atoms with Crippen molar-refractivity contribution >= 4 is 17.2 Å². The fourth-order valence-electron chi connectivity index (χ4n) is 1.99. The second kappa shape index (κ2) is 4.93. The molecule has 2 atom stereocenters. The van der Waals surface area contributed by atoms with Gasteiger partial charge in [-0.1, -0.05) is 12.8 Å². The number of carbonyl (C=O) groups is 1. The zero-order chi connectivity index (χ0) is 11.5. The van der Waals surface area contributed by atoms with Gasteiger partial charge in [0.1, 0.15) is 4.88 Å². The predicted molar refractivity (Wildman–Crippen MR) is 62.6 cm³/mol. The highest BCUT2D eigenvalue weighted by molar-refractivity contribution is 7.13. The van der Waals surface area contributed by atoms with Gasteiger partial charge in [0.2, 0.25) is 0 Å². The fourth-order valence-corrected chi connectivity index (χ4v) is 2.67. The van der Waals surface area contributed by atoms with Crippen molar-refractivity contribution in [2.75, 3.05) is 0 Å².